The number of hydrogen-bond acceptors (Lipinski definition) is 1. The first-order chi connectivity index (χ1) is 7.61. The highest BCUT2D eigenvalue weighted by Gasteiger charge is 2.05. The maximum atomic E-state index is 5.82. The number of fused-ring (bicyclic) bond motifs is 1. The first-order valence-electron chi connectivity index (χ1n) is 5.96. The van der Waals surface area contributed by atoms with Crippen LogP contribution in [-0.2, 0) is 13.0 Å². The maximum absolute atomic E-state index is 5.82. The molecule has 0 spiro atoms. The number of benzene rings is 1. The number of nitrogens with two attached hydrogens (primary N) is 1. The van der Waals surface area contributed by atoms with Crippen LogP contribution in [0, 0.1) is 6.92 Å². The quantitative estimate of drug-likeness (QED) is 0.840. The van der Waals surface area contributed by atoms with E-state index >= 15 is 0 Å². The molecule has 86 valence electrons. The second kappa shape index (κ2) is 4.30. The molecule has 1 unspecified atom stereocenters. The van der Waals surface area contributed by atoms with Crippen molar-refractivity contribution in [2.24, 2.45) is 5.73 Å². The summed E-state index contributed by atoms with van der Waals surface area (Å²) in [7, 11) is 0. The Labute approximate surface area is 97.1 Å². The van der Waals surface area contributed by atoms with Gasteiger partial charge in [-0.2, -0.15) is 0 Å². The third-order valence-electron chi connectivity index (χ3n) is 3.05. The van der Waals surface area contributed by atoms with Crippen molar-refractivity contribution in [3.63, 3.8) is 0 Å². The van der Waals surface area contributed by atoms with E-state index in [2.05, 4.69) is 42.7 Å². The highest BCUT2D eigenvalue weighted by atomic mass is 15.0. The topological polar surface area (TPSA) is 30.9 Å². The summed E-state index contributed by atoms with van der Waals surface area (Å²) in [5.41, 5.74) is 9.81. The summed E-state index contributed by atoms with van der Waals surface area (Å²) in [4.78, 5) is 0. The average Bonchev–Trinajstić information content (AvgIpc) is 2.51. The molecule has 0 aliphatic carbocycles. The molecule has 1 heterocycles. The Hall–Kier alpha value is -1.28. The number of nitrogens with zero attached hydrogens (tertiary/aromatic N) is 1. The van der Waals surface area contributed by atoms with Crippen LogP contribution in [0.1, 0.15) is 25.1 Å². The molecule has 0 fully saturated rings. The molecule has 16 heavy (non-hydrogen) atoms. The SMILES string of the molecule is CCn1c(C)cc2cc(CC(C)N)ccc21. The van der Waals surface area contributed by atoms with Crippen molar-refractivity contribution in [3.05, 3.63) is 35.5 Å². The normalized spacial score (nSPS) is 13.2. The predicted molar refractivity (Wildman–Crippen MR) is 69.7 cm³/mol. The summed E-state index contributed by atoms with van der Waals surface area (Å²) >= 11 is 0. The van der Waals surface area contributed by atoms with Gasteiger partial charge in [0.15, 0.2) is 0 Å². The summed E-state index contributed by atoms with van der Waals surface area (Å²) in [5.74, 6) is 0. The molecule has 2 nitrogen and oxygen atoms in total. The molecule has 0 aliphatic rings. The lowest BCUT2D eigenvalue weighted by Crippen LogP contribution is -2.17. The molecule has 0 bridgehead atoms. The van der Waals surface area contributed by atoms with Gasteiger partial charge in [-0.15, -0.1) is 0 Å². The molecular weight excluding hydrogens is 196 g/mol. The second-order valence-corrected chi connectivity index (χ2v) is 4.60. The summed E-state index contributed by atoms with van der Waals surface area (Å²) in [5, 5.41) is 1.33. The van der Waals surface area contributed by atoms with E-state index in [1.165, 1.54) is 22.2 Å². The molecule has 1 atom stereocenters. The molecule has 2 heteroatoms. The summed E-state index contributed by atoms with van der Waals surface area (Å²) in [6, 6.07) is 9.15. The number of aryl methyl sites for hydroxylation is 2. The minimum atomic E-state index is 0.229. The molecule has 0 saturated heterocycles. The van der Waals surface area contributed by atoms with E-state index in [0.717, 1.165) is 13.0 Å². The van der Waals surface area contributed by atoms with Gasteiger partial charge in [0.2, 0.25) is 0 Å². The van der Waals surface area contributed by atoms with Crippen LogP contribution in [0.5, 0.6) is 0 Å². The Morgan fingerprint density at radius 1 is 1.31 bits per heavy atom. The lowest BCUT2D eigenvalue weighted by atomic mass is 10.1. The molecule has 2 N–H and O–H groups in total. The average molecular weight is 216 g/mol. The Kier molecular flexibility index (Phi) is 3.01. The van der Waals surface area contributed by atoms with Crippen molar-refractivity contribution in [1.82, 2.24) is 4.57 Å². The molecule has 2 rings (SSSR count). The molecule has 1 aromatic carbocycles. The summed E-state index contributed by atoms with van der Waals surface area (Å²) in [6.07, 6.45) is 0.951. The van der Waals surface area contributed by atoms with Crippen LogP contribution < -0.4 is 5.73 Å². The lowest BCUT2D eigenvalue weighted by molar-refractivity contribution is 0.738. The molecule has 0 radical (unpaired) electrons. The van der Waals surface area contributed by atoms with Crippen molar-refractivity contribution in [2.75, 3.05) is 0 Å². The van der Waals surface area contributed by atoms with Gasteiger partial charge in [0, 0.05) is 29.2 Å². The molecule has 0 saturated carbocycles. The predicted octanol–water partition coefficient (Wildman–Crippen LogP) is 2.86. The van der Waals surface area contributed by atoms with E-state index in [-0.39, 0.29) is 6.04 Å². The Morgan fingerprint density at radius 3 is 2.69 bits per heavy atom. The van der Waals surface area contributed by atoms with E-state index < -0.39 is 0 Å². The Balaban J connectivity index is 2.47. The fourth-order valence-corrected chi connectivity index (χ4v) is 2.38. The zero-order valence-electron chi connectivity index (χ0n) is 10.3. The number of rotatable bonds is 3. The van der Waals surface area contributed by atoms with Gasteiger partial charge in [-0.1, -0.05) is 6.07 Å². The van der Waals surface area contributed by atoms with Crippen LogP contribution >= 0.6 is 0 Å². The molecule has 0 amide bonds. The molecular formula is C14H20N2. The van der Waals surface area contributed by atoms with Crippen LogP contribution in [0.3, 0.4) is 0 Å². The highest BCUT2D eigenvalue weighted by Crippen LogP contribution is 2.21. The van der Waals surface area contributed by atoms with Crippen LogP contribution in [0.4, 0.5) is 0 Å². The highest BCUT2D eigenvalue weighted by molar-refractivity contribution is 5.82. The van der Waals surface area contributed by atoms with Crippen molar-refractivity contribution in [1.29, 1.82) is 0 Å². The lowest BCUT2D eigenvalue weighted by Gasteiger charge is -2.07. The zero-order chi connectivity index (χ0) is 11.7. The van der Waals surface area contributed by atoms with E-state index in [1.807, 2.05) is 6.92 Å². The van der Waals surface area contributed by atoms with Crippen LogP contribution in [0.15, 0.2) is 24.3 Å². The van der Waals surface area contributed by atoms with Gasteiger partial charge in [0.1, 0.15) is 0 Å². The van der Waals surface area contributed by atoms with Gasteiger partial charge in [0.05, 0.1) is 0 Å². The van der Waals surface area contributed by atoms with E-state index in [9.17, 15) is 0 Å². The van der Waals surface area contributed by atoms with Gasteiger partial charge in [-0.05, 0) is 51.0 Å². The number of aromatic nitrogens is 1. The molecule has 1 aromatic heterocycles. The van der Waals surface area contributed by atoms with Gasteiger partial charge < -0.3 is 10.3 Å². The van der Waals surface area contributed by atoms with E-state index in [0.29, 0.717) is 0 Å². The smallest absolute Gasteiger partial charge is 0.0482 e. The van der Waals surface area contributed by atoms with E-state index in [1.54, 1.807) is 0 Å². The zero-order valence-corrected chi connectivity index (χ0v) is 10.3. The van der Waals surface area contributed by atoms with Gasteiger partial charge in [0.25, 0.3) is 0 Å². The minimum Gasteiger partial charge on any atom is -0.345 e. The second-order valence-electron chi connectivity index (χ2n) is 4.60. The first-order valence-corrected chi connectivity index (χ1v) is 5.96. The van der Waals surface area contributed by atoms with Crippen LogP contribution in [-0.4, -0.2) is 10.6 Å². The third kappa shape index (κ3) is 1.98. The standard InChI is InChI=1S/C14H20N2/c1-4-16-11(3)8-13-9-12(7-10(2)15)5-6-14(13)16/h5-6,8-10H,4,7,15H2,1-3H3. The Bertz CT molecular complexity index is 495. The van der Waals surface area contributed by atoms with Gasteiger partial charge in [-0.3, -0.25) is 0 Å². The Morgan fingerprint density at radius 2 is 2.06 bits per heavy atom. The van der Waals surface area contributed by atoms with Gasteiger partial charge >= 0.3 is 0 Å². The van der Waals surface area contributed by atoms with Gasteiger partial charge in [-0.25, -0.2) is 0 Å². The summed E-state index contributed by atoms with van der Waals surface area (Å²) < 4.78 is 2.34. The fraction of sp³-hybridized carbons (Fsp3) is 0.429. The van der Waals surface area contributed by atoms with Crippen molar-refractivity contribution >= 4 is 10.9 Å². The largest absolute Gasteiger partial charge is 0.345 e. The van der Waals surface area contributed by atoms with Crippen molar-refractivity contribution in [2.45, 2.75) is 39.8 Å². The van der Waals surface area contributed by atoms with Crippen LogP contribution in [0.2, 0.25) is 0 Å². The maximum Gasteiger partial charge on any atom is 0.0482 e. The molecule has 2 aromatic rings. The fourth-order valence-electron chi connectivity index (χ4n) is 2.38. The summed E-state index contributed by atoms with van der Waals surface area (Å²) in [6.45, 7) is 7.42. The van der Waals surface area contributed by atoms with Crippen LogP contribution in [0.25, 0.3) is 10.9 Å². The van der Waals surface area contributed by atoms with Crippen molar-refractivity contribution in [3.8, 4) is 0 Å². The monoisotopic (exact) mass is 216 g/mol. The first kappa shape index (κ1) is 11.2. The molecule has 0 aliphatic heterocycles. The van der Waals surface area contributed by atoms with Crippen molar-refractivity contribution < 1.29 is 0 Å². The minimum absolute atomic E-state index is 0.229. The van der Waals surface area contributed by atoms with E-state index in [4.69, 9.17) is 5.73 Å². The number of hydrogen-bond donors (Lipinski definition) is 1. The third-order valence-corrected chi connectivity index (χ3v) is 3.05.